The van der Waals surface area contributed by atoms with Crippen molar-refractivity contribution in [2.45, 2.75) is 31.6 Å². The van der Waals surface area contributed by atoms with E-state index < -0.39 is 19.1 Å². The largest absolute Gasteiger partial charge is 0.479 e. The summed E-state index contributed by atoms with van der Waals surface area (Å²) in [6, 6.07) is 6.96. The number of hydrogen-bond acceptors (Lipinski definition) is 6. The van der Waals surface area contributed by atoms with Crippen molar-refractivity contribution in [3.63, 3.8) is 0 Å². The van der Waals surface area contributed by atoms with Gasteiger partial charge in [-0.3, -0.25) is 0 Å². The van der Waals surface area contributed by atoms with E-state index in [0.717, 1.165) is 17.7 Å². The standard InChI is InChI=1S/C22H24F3N7O/c1-30-7-6-16(15(23)10-30)27-22-28-21(33-2)20-14(5-8-32(20)29-22)13-3-4-17-18(9-13)31(12-26-17)11-19(24)25/h3-5,8-9,12,15-16,19H,6-7,10-11H2,1-2H3,(H,27,29)/t15-,16+/m1/s1. The molecule has 4 heterocycles. The van der Waals surface area contributed by atoms with E-state index in [-0.39, 0.29) is 12.0 Å². The Balaban J connectivity index is 1.51. The number of ether oxygens (including phenoxy) is 1. The average molecular weight is 459 g/mol. The number of hydrogen-bond donors (Lipinski definition) is 1. The number of likely N-dealkylation sites (tertiary alicyclic amines) is 1. The predicted octanol–water partition coefficient (Wildman–Crippen LogP) is 3.47. The zero-order valence-corrected chi connectivity index (χ0v) is 18.3. The van der Waals surface area contributed by atoms with E-state index in [1.165, 1.54) is 18.0 Å². The lowest BCUT2D eigenvalue weighted by molar-refractivity contribution is 0.128. The van der Waals surface area contributed by atoms with Gasteiger partial charge in [0.15, 0.2) is 0 Å². The van der Waals surface area contributed by atoms with Crippen LogP contribution in [0.15, 0.2) is 36.8 Å². The Kier molecular flexibility index (Phi) is 5.57. The number of rotatable bonds is 6. The van der Waals surface area contributed by atoms with Gasteiger partial charge >= 0.3 is 0 Å². The van der Waals surface area contributed by atoms with Crippen LogP contribution in [0.3, 0.4) is 0 Å². The summed E-state index contributed by atoms with van der Waals surface area (Å²) in [7, 11) is 3.41. The number of piperidine rings is 1. The van der Waals surface area contributed by atoms with E-state index in [1.54, 1.807) is 16.8 Å². The molecule has 0 spiro atoms. The molecule has 11 heteroatoms. The lowest BCUT2D eigenvalue weighted by Gasteiger charge is -2.32. The fourth-order valence-corrected chi connectivity index (χ4v) is 4.33. The van der Waals surface area contributed by atoms with Gasteiger partial charge in [-0.05, 0) is 37.2 Å². The van der Waals surface area contributed by atoms with Gasteiger partial charge in [0.25, 0.3) is 6.43 Å². The van der Waals surface area contributed by atoms with Gasteiger partial charge in [-0.15, -0.1) is 5.10 Å². The predicted molar refractivity (Wildman–Crippen MR) is 119 cm³/mol. The minimum atomic E-state index is -2.48. The highest BCUT2D eigenvalue weighted by Crippen LogP contribution is 2.33. The first-order valence-corrected chi connectivity index (χ1v) is 10.7. The van der Waals surface area contributed by atoms with E-state index in [1.807, 2.05) is 30.1 Å². The maximum absolute atomic E-state index is 14.5. The molecule has 0 saturated carbocycles. The van der Waals surface area contributed by atoms with Crippen LogP contribution in [0.25, 0.3) is 27.7 Å². The lowest BCUT2D eigenvalue weighted by Crippen LogP contribution is -2.46. The molecule has 3 aromatic heterocycles. The highest BCUT2D eigenvalue weighted by atomic mass is 19.3. The molecule has 0 aliphatic carbocycles. The summed E-state index contributed by atoms with van der Waals surface area (Å²) < 4.78 is 49.0. The SMILES string of the molecule is COc1nc(N[C@H]2CCN(C)C[C@H]2F)nn2ccc(-c3ccc4ncn(CC(F)F)c4c3)c12. The number of halogens is 3. The number of alkyl halides is 3. The summed E-state index contributed by atoms with van der Waals surface area (Å²) in [6.07, 6.45) is 0.321. The van der Waals surface area contributed by atoms with Crippen molar-refractivity contribution >= 4 is 22.5 Å². The quantitative estimate of drug-likeness (QED) is 0.476. The monoisotopic (exact) mass is 459 g/mol. The highest BCUT2D eigenvalue weighted by molar-refractivity contribution is 5.89. The topological polar surface area (TPSA) is 72.5 Å². The summed E-state index contributed by atoms with van der Waals surface area (Å²) in [5.74, 6) is 0.612. The van der Waals surface area contributed by atoms with Gasteiger partial charge in [-0.25, -0.2) is 22.7 Å². The minimum absolute atomic E-state index is 0.282. The van der Waals surface area contributed by atoms with Crippen LogP contribution in [0.5, 0.6) is 5.88 Å². The normalized spacial score (nSPS) is 19.6. The summed E-state index contributed by atoms with van der Waals surface area (Å²) in [4.78, 5) is 10.6. The first kappa shape index (κ1) is 21.5. The molecule has 1 N–H and O–H groups in total. The van der Waals surface area contributed by atoms with E-state index >= 15 is 0 Å². The van der Waals surface area contributed by atoms with Gasteiger partial charge in [0.1, 0.15) is 11.7 Å². The maximum Gasteiger partial charge on any atom is 0.256 e. The van der Waals surface area contributed by atoms with Gasteiger partial charge < -0.3 is 19.5 Å². The molecule has 0 unspecified atom stereocenters. The lowest BCUT2D eigenvalue weighted by atomic mass is 10.0. The van der Waals surface area contributed by atoms with Crippen molar-refractivity contribution in [3.05, 3.63) is 36.8 Å². The fraction of sp³-hybridized carbons (Fsp3) is 0.409. The second kappa shape index (κ2) is 8.54. The Morgan fingerprint density at radius 3 is 2.88 bits per heavy atom. The van der Waals surface area contributed by atoms with Crippen LogP contribution in [0.2, 0.25) is 0 Å². The Hall–Kier alpha value is -3.34. The van der Waals surface area contributed by atoms with Gasteiger partial charge in [0, 0.05) is 24.8 Å². The Morgan fingerprint density at radius 1 is 1.27 bits per heavy atom. The number of anilines is 1. The van der Waals surface area contributed by atoms with Crippen molar-refractivity contribution in [3.8, 4) is 17.0 Å². The second-order valence-corrected chi connectivity index (χ2v) is 8.28. The zero-order valence-electron chi connectivity index (χ0n) is 18.3. The van der Waals surface area contributed by atoms with Gasteiger partial charge in [-0.2, -0.15) is 4.98 Å². The van der Waals surface area contributed by atoms with Gasteiger partial charge in [-0.1, -0.05) is 6.07 Å². The van der Waals surface area contributed by atoms with Gasteiger partial charge in [0.05, 0.1) is 37.1 Å². The average Bonchev–Trinajstić information content (AvgIpc) is 3.39. The van der Waals surface area contributed by atoms with Crippen molar-refractivity contribution in [1.29, 1.82) is 0 Å². The Labute approximate surface area is 188 Å². The second-order valence-electron chi connectivity index (χ2n) is 8.28. The Morgan fingerprint density at radius 2 is 2.12 bits per heavy atom. The molecule has 0 radical (unpaired) electrons. The number of fused-ring (bicyclic) bond motifs is 2. The fourth-order valence-electron chi connectivity index (χ4n) is 4.33. The molecule has 0 bridgehead atoms. The van der Waals surface area contributed by atoms with E-state index in [0.29, 0.717) is 35.4 Å². The summed E-state index contributed by atoms with van der Waals surface area (Å²) in [6.45, 7) is 0.718. The summed E-state index contributed by atoms with van der Waals surface area (Å²) in [5, 5.41) is 7.61. The third kappa shape index (κ3) is 4.08. The molecule has 1 fully saturated rings. The number of imidazole rings is 1. The molecule has 1 saturated heterocycles. The maximum atomic E-state index is 14.5. The molecule has 0 amide bonds. The summed E-state index contributed by atoms with van der Waals surface area (Å²) in [5.41, 5.74) is 3.45. The molecular formula is C22H24F3N7O. The number of aromatic nitrogens is 5. The van der Waals surface area contributed by atoms with Crippen LogP contribution < -0.4 is 10.1 Å². The van der Waals surface area contributed by atoms with Crippen molar-refractivity contribution < 1.29 is 17.9 Å². The number of benzene rings is 1. The molecule has 1 aromatic carbocycles. The first-order chi connectivity index (χ1) is 15.9. The molecule has 5 rings (SSSR count). The number of nitrogens with zero attached hydrogens (tertiary/aromatic N) is 6. The van der Waals surface area contributed by atoms with Crippen LogP contribution in [0.1, 0.15) is 6.42 Å². The van der Waals surface area contributed by atoms with Crippen LogP contribution in [0, 0.1) is 0 Å². The van der Waals surface area contributed by atoms with Crippen LogP contribution >= 0.6 is 0 Å². The zero-order chi connectivity index (χ0) is 23.1. The van der Waals surface area contributed by atoms with E-state index in [4.69, 9.17) is 4.74 Å². The first-order valence-electron chi connectivity index (χ1n) is 10.7. The molecule has 174 valence electrons. The minimum Gasteiger partial charge on any atom is -0.479 e. The Bertz CT molecular complexity index is 1290. The van der Waals surface area contributed by atoms with Crippen molar-refractivity contribution in [2.24, 2.45) is 0 Å². The van der Waals surface area contributed by atoms with E-state index in [2.05, 4.69) is 20.4 Å². The molecular weight excluding hydrogens is 435 g/mol. The van der Waals surface area contributed by atoms with Crippen LogP contribution in [0.4, 0.5) is 19.1 Å². The molecule has 8 nitrogen and oxygen atoms in total. The molecule has 33 heavy (non-hydrogen) atoms. The van der Waals surface area contributed by atoms with E-state index in [9.17, 15) is 13.2 Å². The molecule has 1 aliphatic rings. The van der Waals surface area contributed by atoms with Crippen molar-refractivity contribution in [1.82, 2.24) is 29.0 Å². The van der Waals surface area contributed by atoms with Gasteiger partial charge in [0.2, 0.25) is 11.8 Å². The molecule has 1 aliphatic heterocycles. The van der Waals surface area contributed by atoms with Crippen LogP contribution in [-0.2, 0) is 6.54 Å². The van der Waals surface area contributed by atoms with Crippen molar-refractivity contribution in [2.75, 3.05) is 32.6 Å². The third-order valence-electron chi connectivity index (χ3n) is 6.00. The number of methoxy groups -OCH3 is 1. The highest BCUT2D eigenvalue weighted by Gasteiger charge is 2.28. The molecule has 2 atom stereocenters. The number of nitrogens with one attached hydrogen (secondary N) is 1. The molecule has 4 aromatic rings. The smallest absolute Gasteiger partial charge is 0.256 e. The summed E-state index contributed by atoms with van der Waals surface area (Å²) >= 11 is 0. The third-order valence-corrected chi connectivity index (χ3v) is 6.00. The van der Waals surface area contributed by atoms with Crippen LogP contribution in [-0.4, -0.2) is 74.9 Å².